The van der Waals surface area contributed by atoms with Crippen LogP contribution in [0.25, 0.3) is 0 Å². The predicted molar refractivity (Wildman–Crippen MR) is 135 cm³/mol. The van der Waals surface area contributed by atoms with Crippen LogP contribution in [0, 0.1) is 14.3 Å². The lowest BCUT2D eigenvalue weighted by Crippen LogP contribution is -2.30. The lowest BCUT2D eigenvalue weighted by Gasteiger charge is -2.31. The second-order valence-corrected chi connectivity index (χ2v) is 10.9. The standard InChI is InChI=1S/C20H10I4O2/c21-13-5-11(6-14(22)9-13)20(12-7-15(23)10-16(24)8-12)18-4-2-1-3-17(18)19(25)26-20/h1-10H. The summed E-state index contributed by atoms with van der Waals surface area (Å²) in [6, 6.07) is 20.3. The minimum atomic E-state index is -0.921. The lowest BCUT2D eigenvalue weighted by atomic mass is 9.80. The van der Waals surface area contributed by atoms with Gasteiger partial charge in [0.1, 0.15) is 0 Å². The minimum absolute atomic E-state index is 0.275. The minimum Gasteiger partial charge on any atom is -0.441 e. The van der Waals surface area contributed by atoms with Crippen LogP contribution in [0.1, 0.15) is 27.0 Å². The Morgan fingerprint density at radius 1 is 0.692 bits per heavy atom. The van der Waals surface area contributed by atoms with Gasteiger partial charge in [-0.15, -0.1) is 0 Å². The zero-order valence-electron chi connectivity index (χ0n) is 13.1. The second-order valence-electron chi connectivity index (χ2n) is 5.93. The van der Waals surface area contributed by atoms with Crippen LogP contribution in [0.2, 0.25) is 0 Å². The zero-order chi connectivity index (χ0) is 18.5. The Labute approximate surface area is 206 Å². The first-order valence-electron chi connectivity index (χ1n) is 7.66. The van der Waals surface area contributed by atoms with Crippen molar-refractivity contribution in [2.24, 2.45) is 0 Å². The van der Waals surface area contributed by atoms with Gasteiger partial charge in [-0.2, -0.15) is 0 Å². The van der Waals surface area contributed by atoms with Gasteiger partial charge in [0, 0.05) is 31.0 Å². The molecule has 1 aliphatic heterocycles. The smallest absolute Gasteiger partial charge is 0.340 e. The molecule has 0 bridgehead atoms. The fourth-order valence-corrected chi connectivity index (χ4v) is 7.20. The third-order valence-electron chi connectivity index (χ3n) is 4.31. The van der Waals surface area contributed by atoms with Gasteiger partial charge in [-0.1, -0.05) is 18.2 Å². The van der Waals surface area contributed by atoms with Crippen molar-refractivity contribution in [1.82, 2.24) is 0 Å². The van der Waals surface area contributed by atoms with E-state index in [0.717, 1.165) is 31.0 Å². The molecule has 0 unspecified atom stereocenters. The van der Waals surface area contributed by atoms with E-state index in [2.05, 4.69) is 127 Å². The van der Waals surface area contributed by atoms with Crippen molar-refractivity contribution in [3.05, 3.63) is 97.2 Å². The number of esters is 1. The van der Waals surface area contributed by atoms with Crippen molar-refractivity contribution in [2.75, 3.05) is 0 Å². The summed E-state index contributed by atoms with van der Waals surface area (Å²) in [7, 11) is 0. The Morgan fingerprint density at radius 2 is 1.15 bits per heavy atom. The van der Waals surface area contributed by atoms with Gasteiger partial charge < -0.3 is 4.74 Å². The van der Waals surface area contributed by atoms with Crippen LogP contribution in [0.3, 0.4) is 0 Å². The molecular formula is C20H10I4O2. The van der Waals surface area contributed by atoms with E-state index in [-0.39, 0.29) is 5.97 Å². The quantitative estimate of drug-likeness (QED) is 0.217. The molecule has 3 aromatic carbocycles. The van der Waals surface area contributed by atoms with E-state index < -0.39 is 5.60 Å². The average molecular weight is 790 g/mol. The lowest BCUT2D eigenvalue weighted by molar-refractivity contribution is 0.0251. The largest absolute Gasteiger partial charge is 0.441 e. The van der Waals surface area contributed by atoms with Crippen LogP contribution < -0.4 is 0 Å². The number of fused-ring (bicyclic) bond motifs is 1. The van der Waals surface area contributed by atoms with Crippen molar-refractivity contribution in [3.63, 3.8) is 0 Å². The third kappa shape index (κ3) is 3.32. The first-order valence-corrected chi connectivity index (χ1v) is 12.0. The number of rotatable bonds is 2. The molecule has 6 heteroatoms. The highest BCUT2D eigenvalue weighted by molar-refractivity contribution is 14.1. The first kappa shape index (κ1) is 19.4. The highest BCUT2D eigenvalue weighted by Gasteiger charge is 2.48. The first-order chi connectivity index (χ1) is 12.4. The maximum atomic E-state index is 12.7. The topological polar surface area (TPSA) is 26.3 Å². The Kier molecular flexibility index (Phi) is 5.56. The molecule has 1 aliphatic rings. The van der Waals surface area contributed by atoms with Gasteiger partial charge in [0.05, 0.1) is 5.56 Å². The van der Waals surface area contributed by atoms with E-state index in [1.165, 1.54) is 0 Å². The molecule has 26 heavy (non-hydrogen) atoms. The highest BCUT2D eigenvalue weighted by Crippen LogP contribution is 2.48. The summed E-state index contributed by atoms with van der Waals surface area (Å²) in [6.07, 6.45) is 0. The number of hydrogen-bond donors (Lipinski definition) is 0. The molecule has 0 aromatic heterocycles. The number of ether oxygens (including phenoxy) is 1. The maximum absolute atomic E-state index is 12.7. The van der Waals surface area contributed by atoms with Crippen molar-refractivity contribution < 1.29 is 9.53 Å². The molecule has 3 aromatic rings. The maximum Gasteiger partial charge on any atom is 0.340 e. The van der Waals surface area contributed by atoms with Gasteiger partial charge in [0.2, 0.25) is 0 Å². The molecule has 1 heterocycles. The van der Waals surface area contributed by atoms with Crippen LogP contribution >= 0.6 is 90.4 Å². The Balaban J connectivity index is 2.11. The van der Waals surface area contributed by atoms with E-state index in [9.17, 15) is 4.79 Å². The molecule has 4 rings (SSSR count). The summed E-state index contributed by atoms with van der Waals surface area (Å²) in [6.45, 7) is 0. The van der Waals surface area contributed by atoms with Gasteiger partial charge in [-0.3, -0.25) is 0 Å². The summed E-state index contributed by atoms with van der Waals surface area (Å²) >= 11 is 9.25. The fraction of sp³-hybridized carbons (Fsp3) is 0.0500. The summed E-state index contributed by atoms with van der Waals surface area (Å²) in [4.78, 5) is 12.7. The van der Waals surface area contributed by atoms with Crippen LogP contribution in [-0.2, 0) is 10.3 Å². The third-order valence-corrected chi connectivity index (χ3v) is 6.80. The van der Waals surface area contributed by atoms with E-state index in [4.69, 9.17) is 4.74 Å². The number of carbonyl (C=O) groups is 1. The molecule has 130 valence electrons. The normalized spacial score (nSPS) is 14.8. The van der Waals surface area contributed by atoms with Crippen molar-refractivity contribution in [2.45, 2.75) is 5.60 Å². The molecule has 0 radical (unpaired) electrons. The van der Waals surface area contributed by atoms with E-state index in [1.54, 1.807) is 0 Å². The number of benzene rings is 3. The molecule has 0 atom stereocenters. The molecule has 0 amide bonds. The van der Waals surface area contributed by atoms with Gasteiger partial charge in [-0.25, -0.2) is 4.79 Å². The fourth-order valence-electron chi connectivity index (χ4n) is 3.33. The molecule has 0 aliphatic carbocycles. The van der Waals surface area contributed by atoms with Crippen LogP contribution in [0.15, 0.2) is 60.7 Å². The Bertz CT molecular complexity index is 954. The molecule has 0 saturated carbocycles. The molecule has 0 spiro atoms. The Morgan fingerprint density at radius 3 is 1.65 bits per heavy atom. The monoisotopic (exact) mass is 790 g/mol. The van der Waals surface area contributed by atoms with Gasteiger partial charge in [0.25, 0.3) is 0 Å². The SMILES string of the molecule is O=C1OC(c2cc(I)cc(I)c2)(c2cc(I)cc(I)c2)c2ccccc21. The molecule has 0 fully saturated rings. The van der Waals surface area contributed by atoms with Crippen molar-refractivity contribution in [3.8, 4) is 0 Å². The van der Waals surface area contributed by atoms with E-state index >= 15 is 0 Å². The number of carbonyl (C=O) groups excluding carboxylic acids is 1. The van der Waals surface area contributed by atoms with Gasteiger partial charge in [0.15, 0.2) is 5.60 Å². The second kappa shape index (κ2) is 7.47. The van der Waals surface area contributed by atoms with Crippen LogP contribution in [0.4, 0.5) is 0 Å². The number of halogens is 4. The van der Waals surface area contributed by atoms with Gasteiger partial charge in [-0.05, 0) is 133 Å². The van der Waals surface area contributed by atoms with Gasteiger partial charge >= 0.3 is 5.97 Å². The summed E-state index contributed by atoms with van der Waals surface area (Å²) in [5.74, 6) is -0.275. The number of hydrogen-bond acceptors (Lipinski definition) is 2. The Hall–Kier alpha value is 0.0500. The van der Waals surface area contributed by atoms with Crippen LogP contribution in [0.5, 0.6) is 0 Å². The summed E-state index contributed by atoms with van der Waals surface area (Å²) in [5, 5.41) is 0. The van der Waals surface area contributed by atoms with E-state index in [0.29, 0.717) is 5.56 Å². The molecule has 2 nitrogen and oxygen atoms in total. The molecule has 0 N–H and O–H groups in total. The van der Waals surface area contributed by atoms with Crippen molar-refractivity contribution >= 4 is 96.3 Å². The van der Waals surface area contributed by atoms with E-state index in [1.807, 2.05) is 24.3 Å². The zero-order valence-corrected chi connectivity index (χ0v) is 21.7. The average Bonchev–Trinajstić information content (AvgIpc) is 2.88. The molecule has 0 saturated heterocycles. The summed E-state index contributed by atoms with van der Waals surface area (Å²) in [5.41, 5.74) is 2.57. The predicted octanol–water partition coefficient (Wildman–Crippen LogP) is 6.57. The highest BCUT2D eigenvalue weighted by atomic mass is 127. The molecular weight excluding hydrogens is 780 g/mol. The van der Waals surface area contributed by atoms with Crippen LogP contribution in [-0.4, -0.2) is 5.97 Å². The summed E-state index contributed by atoms with van der Waals surface area (Å²) < 4.78 is 10.6. The van der Waals surface area contributed by atoms with Crippen molar-refractivity contribution in [1.29, 1.82) is 0 Å². The number of cyclic esters (lactones) is 1.